The average molecular weight is 302 g/mol. The van der Waals surface area contributed by atoms with Gasteiger partial charge in [-0.2, -0.15) is 0 Å². The number of hydrogen-bond acceptors (Lipinski definition) is 4. The number of alkyl halides is 1. The predicted molar refractivity (Wildman–Crippen MR) is 77.9 cm³/mol. The summed E-state index contributed by atoms with van der Waals surface area (Å²) in [5.41, 5.74) is 0.854. The normalized spacial score (nSPS) is 15.3. The Morgan fingerprint density at radius 1 is 1.53 bits per heavy atom. The number of hydrogen-bond donors (Lipinski definition) is 0. The molecule has 6 heteroatoms. The van der Waals surface area contributed by atoms with Gasteiger partial charge in [0.2, 0.25) is 0 Å². The molecule has 0 N–H and O–H groups in total. The van der Waals surface area contributed by atoms with Gasteiger partial charge in [0.1, 0.15) is 4.88 Å². The fourth-order valence-electron chi connectivity index (χ4n) is 2.28. The Hall–Kier alpha value is -0.680. The Morgan fingerprint density at radius 2 is 2.32 bits per heavy atom. The number of carbonyl (C=O) groups is 1. The zero-order chi connectivity index (χ0) is 13.7. The first-order valence-corrected chi connectivity index (χ1v) is 8.26. The first-order chi connectivity index (χ1) is 9.27. The molecule has 0 spiro atoms. The van der Waals surface area contributed by atoms with Gasteiger partial charge in [-0.1, -0.05) is 17.8 Å². The van der Waals surface area contributed by atoms with Crippen molar-refractivity contribution in [2.45, 2.75) is 51.5 Å². The number of aryl methyl sites for hydroxylation is 1. The maximum absolute atomic E-state index is 12.7. The minimum Gasteiger partial charge on any atom is -0.335 e. The molecule has 1 aromatic heterocycles. The molecule has 0 aromatic carbocycles. The molecule has 2 rings (SSSR count). The third-order valence-corrected chi connectivity index (χ3v) is 4.57. The van der Waals surface area contributed by atoms with Crippen LogP contribution in [0.2, 0.25) is 0 Å². The van der Waals surface area contributed by atoms with Crippen molar-refractivity contribution in [2.24, 2.45) is 0 Å². The lowest BCUT2D eigenvalue weighted by Crippen LogP contribution is -2.44. The van der Waals surface area contributed by atoms with Gasteiger partial charge in [-0.15, -0.1) is 16.7 Å². The SMILES string of the molecule is CCCc1nnsc1C(=O)N(CCCCl)C1CCC1. The summed E-state index contributed by atoms with van der Waals surface area (Å²) < 4.78 is 3.95. The molecular formula is C13H20ClN3OS. The first-order valence-electron chi connectivity index (χ1n) is 6.96. The number of halogens is 1. The zero-order valence-electron chi connectivity index (χ0n) is 11.3. The maximum Gasteiger partial charge on any atom is 0.267 e. The van der Waals surface area contributed by atoms with E-state index in [4.69, 9.17) is 11.6 Å². The van der Waals surface area contributed by atoms with E-state index in [9.17, 15) is 4.79 Å². The van der Waals surface area contributed by atoms with Crippen LogP contribution in [-0.2, 0) is 6.42 Å². The van der Waals surface area contributed by atoms with Crippen molar-refractivity contribution in [3.05, 3.63) is 10.6 Å². The van der Waals surface area contributed by atoms with Gasteiger partial charge in [0.25, 0.3) is 5.91 Å². The van der Waals surface area contributed by atoms with Crippen molar-refractivity contribution in [1.29, 1.82) is 0 Å². The van der Waals surface area contributed by atoms with Gasteiger partial charge in [-0.3, -0.25) is 4.79 Å². The van der Waals surface area contributed by atoms with E-state index in [-0.39, 0.29) is 5.91 Å². The van der Waals surface area contributed by atoms with Crippen LogP contribution in [0.1, 0.15) is 54.4 Å². The Morgan fingerprint density at radius 3 is 2.89 bits per heavy atom. The summed E-state index contributed by atoms with van der Waals surface area (Å²) in [6.45, 7) is 2.83. The molecule has 0 aliphatic heterocycles. The summed E-state index contributed by atoms with van der Waals surface area (Å²) in [5.74, 6) is 0.701. The van der Waals surface area contributed by atoms with Crippen molar-refractivity contribution in [2.75, 3.05) is 12.4 Å². The summed E-state index contributed by atoms with van der Waals surface area (Å²) in [4.78, 5) is 15.4. The van der Waals surface area contributed by atoms with Crippen LogP contribution in [0.15, 0.2) is 0 Å². The van der Waals surface area contributed by atoms with Gasteiger partial charge < -0.3 is 4.90 Å². The third-order valence-electron chi connectivity index (χ3n) is 3.55. The topological polar surface area (TPSA) is 46.1 Å². The molecular weight excluding hydrogens is 282 g/mol. The highest BCUT2D eigenvalue weighted by molar-refractivity contribution is 7.08. The second-order valence-corrected chi connectivity index (χ2v) is 6.06. The lowest BCUT2D eigenvalue weighted by atomic mass is 9.91. The van der Waals surface area contributed by atoms with Crippen molar-refractivity contribution >= 4 is 29.0 Å². The molecule has 4 nitrogen and oxygen atoms in total. The average Bonchev–Trinajstić information content (AvgIpc) is 2.80. The largest absolute Gasteiger partial charge is 0.335 e. The van der Waals surface area contributed by atoms with Crippen molar-refractivity contribution < 1.29 is 4.79 Å². The zero-order valence-corrected chi connectivity index (χ0v) is 12.8. The van der Waals surface area contributed by atoms with Crippen LogP contribution in [-0.4, -0.2) is 38.9 Å². The number of nitrogens with zero attached hydrogens (tertiary/aromatic N) is 3. The molecule has 1 heterocycles. The molecule has 106 valence electrons. The lowest BCUT2D eigenvalue weighted by molar-refractivity contribution is 0.0584. The quantitative estimate of drug-likeness (QED) is 0.727. The molecule has 0 unspecified atom stereocenters. The van der Waals surface area contributed by atoms with Gasteiger partial charge in [-0.05, 0) is 43.6 Å². The highest BCUT2D eigenvalue weighted by Gasteiger charge is 2.31. The number of carbonyl (C=O) groups excluding carboxylic acids is 1. The van der Waals surface area contributed by atoms with E-state index < -0.39 is 0 Å². The summed E-state index contributed by atoms with van der Waals surface area (Å²) in [6.07, 6.45) is 6.10. The van der Waals surface area contributed by atoms with E-state index in [0.29, 0.717) is 11.9 Å². The van der Waals surface area contributed by atoms with Crippen molar-refractivity contribution in [1.82, 2.24) is 14.5 Å². The molecule has 0 saturated heterocycles. The van der Waals surface area contributed by atoms with Crippen LogP contribution in [0.25, 0.3) is 0 Å². The number of aromatic nitrogens is 2. The predicted octanol–water partition coefficient (Wildman–Crippen LogP) is 3.11. The van der Waals surface area contributed by atoms with Crippen molar-refractivity contribution in [3.63, 3.8) is 0 Å². The van der Waals surface area contributed by atoms with Crippen LogP contribution in [0.3, 0.4) is 0 Å². The Kier molecular flexibility index (Phi) is 5.58. The van der Waals surface area contributed by atoms with Gasteiger partial charge in [0, 0.05) is 18.5 Å². The second-order valence-electron chi connectivity index (χ2n) is 4.92. The second kappa shape index (κ2) is 7.20. The molecule has 1 aromatic rings. The minimum atomic E-state index is 0.105. The van der Waals surface area contributed by atoms with E-state index in [0.717, 1.165) is 49.2 Å². The lowest BCUT2D eigenvalue weighted by Gasteiger charge is -2.37. The standard InChI is InChI=1S/C13H20ClN3OS/c1-2-5-11-12(19-16-15-11)13(18)17(9-4-8-14)10-6-3-7-10/h10H,2-9H2,1H3. The summed E-state index contributed by atoms with van der Waals surface area (Å²) in [6, 6.07) is 0.396. The summed E-state index contributed by atoms with van der Waals surface area (Å²) in [5, 5.41) is 4.09. The first kappa shape index (κ1) is 14.7. The molecule has 1 aliphatic carbocycles. The Labute approximate surface area is 123 Å². The van der Waals surface area contributed by atoms with E-state index in [1.165, 1.54) is 18.0 Å². The molecule has 1 saturated carbocycles. The van der Waals surface area contributed by atoms with Crippen LogP contribution >= 0.6 is 23.1 Å². The summed E-state index contributed by atoms with van der Waals surface area (Å²) >= 11 is 6.99. The monoisotopic (exact) mass is 301 g/mol. The fraction of sp³-hybridized carbons (Fsp3) is 0.769. The number of rotatable bonds is 7. The van der Waals surface area contributed by atoms with Gasteiger partial charge >= 0.3 is 0 Å². The van der Waals surface area contributed by atoms with Gasteiger partial charge in [0.05, 0.1) is 5.69 Å². The fourth-order valence-corrected chi connectivity index (χ4v) is 3.06. The molecule has 19 heavy (non-hydrogen) atoms. The van der Waals surface area contributed by atoms with E-state index >= 15 is 0 Å². The highest BCUT2D eigenvalue weighted by atomic mass is 35.5. The molecule has 0 radical (unpaired) electrons. The van der Waals surface area contributed by atoms with Crippen molar-refractivity contribution in [3.8, 4) is 0 Å². The number of amides is 1. The molecule has 1 amide bonds. The van der Waals surface area contributed by atoms with E-state index in [1.807, 2.05) is 4.90 Å². The van der Waals surface area contributed by atoms with Crippen LogP contribution < -0.4 is 0 Å². The molecule has 1 aliphatic rings. The Bertz CT molecular complexity index is 420. The summed E-state index contributed by atoms with van der Waals surface area (Å²) in [7, 11) is 0. The van der Waals surface area contributed by atoms with Crippen LogP contribution in [0.4, 0.5) is 0 Å². The van der Waals surface area contributed by atoms with E-state index in [1.54, 1.807) is 0 Å². The Balaban J connectivity index is 2.10. The highest BCUT2D eigenvalue weighted by Crippen LogP contribution is 2.27. The van der Waals surface area contributed by atoms with Crippen LogP contribution in [0.5, 0.6) is 0 Å². The maximum atomic E-state index is 12.7. The third kappa shape index (κ3) is 3.45. The molecule has 0 bridgehead atoms. The smallest absolute Gasteiger partial charge is 0.267 e. The minimum absolute atomic E-state index is 0.105. The van der Waals surface area contributed by atoms with Gasteiger partial charge in [-0.25, -0.2) is 0 Å². The van der Waals surface area contributed by atoms with E-state index in [2.05, 4.69) is 16.5 Å². The molecule has 0 atom stereocenters. The molecule has 1 fully saturated rings. The van der Waals surface area contributed by atoms with Crippen LogP contribution in [0, 0.1) is 0 Å². The van der Waals surface area contributed by atoms with Gasteiger partial charge in [0.15, 0.2) is 0 Å².